The van der Waals surface area contributed by atoms with Crippen molar-refractivity contribution >= 4 is 11.7 Å². The summed E-state index contributed by atoms with van der Waals surface area (Å²) in [6, 6.07) is 3.61. The Hall–Kier alpha value is -1.98. The van der Waals surface area contributed by atoms with Crippen LogP contribution in [0.2, 0.25) is 0 Å². The van der Waals surface area contributed by atoms with E-state index in [0.717, 1.165) is 5.76 Å². The highest BCUT2D eigenvalue weighted by Gasteiger charge is 2.13. The SMILES string of the molecule is CCN(C/C(N)=N/O)C(=O)CCc1ccco1. The highest BCUT2D eigenvalue weighted by molar-refractivity contribution is 5.86. The number of oxime groups is 1. The molecule has 0 saturated carbocycles. The van der Waals surface area contributed by atoms with Crippen molar-refractivity contribution < 1.29 is 14.4 Å². The molecule has 17 heavy (non-hydrogen) atoms. The van der Waals surface area contributed by atoms with Gasteiger partial charge in [0.25, 0.3) is 0 Å². The van der Waals surface area contributed by atoms with Crippen molar-refractivity contribution in [2.75, 3.05) is 13.1 Å². The van der Waals surface area contributed by atoms with Crippen LogP contribution in [0.1, 0.15) is 19.1 Å². The highest BCUT2D eigenvalue weighted by atomic mass is 16.4. The van der Waals surface area contributed by atoms with Crippen LogP contribution in [0, 0.1) is 0 Å². The minimum Gasteiger partial charge on any atom is -0.469 e. The molecule has 0 saturated heterocycles. The van der Waals surface area contributed by atoms with E-state index < -0.39 is 0 Å². The lowest BCUT2D eigenvalue weighted by Gasteiger charge is -2.19. The van der Waals surface area contributed by atoms with E-state index in [2.05, 4.69) is 5.16 Å². The molecule has 3 N–H and O–H groups in total. The zero-order valence-electron chi connectivity index (χ0n) is 9.80. The molecule has 0 aliphatic heterocycles. The van der Waals surface area contributed by atoms with Gasteiger partial charge < -0.3 is 20.3 Å². The minimum atomic E-state index is -0.0458. The Morgan fingerprint density at radius 2 is 2.41 bits per heavy atom. The smallest absolute Gasteiger partial charge is 0.223 e. The van der Waals surface area contributed by atoms with Crippen molar-refractivity contribution in [3.63, 3.8) is 0 Å². The van der Waals surface area contributed by atoms with E-state index in [-0.39, 0.29) is 18.3 Å². The number of carbonyl (C=O) groups excluding carboxylic acids is 1. The average Bonchev–Trinajstić information content (AvgIpc) is 2.85. The Morgan fingerprint density at radius 3 is 2.94 bits per heavy atom. The number of nitrogens with zero attached hydrogens (tertiary/aromatic N) is 2. The number of hydrogen-bond acceptors (Lipinski definition) is 4. The molecular formula is C11H17N3O3. The predicted octanol–water partition coefficient (Wildman–Crippen LogP) is 0.807. The van der Waals surface area contributed by atoms with Crippen LogP contribution >= 0.6 is 0 Å². The molecule has 0 radical (unpaired) electrons. The number of hydrogen-bond donors (Lipinski definition) is 2. The summed E-state index contributed by atoms with van der Waals surface area (Å²) in [4.78, 5) is 13.3. The average molecular weight is 239 g/mol. The van der Waals surface area contributed by atoms with E-state index in [1.165, 1.54) is 4.90 Å². The van der Waals surface area contributed by atoms with Crippen molar-refractivity contribution in [3.8, 4) is 0 Å². The standard InChI is InChI=1S/C11H17N3O3/c1-2-14(8-10(12)13-16)11(15)6-5-9-4-3-7-17-9/h3-4,7,16H,2,5-6,8H2,1H3,(H2,12,13). The third-order valence-electron chi connectivity index (χ3n) is 2.38. The van der Waals surface area contributed by atoms with Crippen LogP contribution in [0.15, 0.2) is 28.0 Å². The first-order valence-electron chi connectivity index (χ1n) is 5.44. The molecule has 0 spiro atoms. The van der Waals surface area contributed by atoms with Crippen LogP contribution in [0.4, 0.5) is 0 Å². The molecular weight excluding hydrogens is 222 g/mol. The number of carbonyl (C=O) groups is 1. The predicted molar refractivity (Wildman–Crippen MR) is 62.7 cm³/mol. The Bertz CT molecular complexity index is 373. The molecule has 94 valence electrons. The van der Waals surface area contributed by atoms with Crippen LogP contribution < -0.4 is 5.73 Å². The fourth-order valence-electron chi connectivity index (χ4n) is 1.45. The summed E-state index contributed by atoms with van der Waals surface area (Å²) in [7, 11) is 0. The van der Waals surface area contributed by atoms with E-state index in [1.54, 1.807) is 12.3 Å². The molecule has 0 aliphatic rings. The Morgan fingerprint density at radius 1 is 1.65 bits per heavy atom. The van der Waals surface area contributed by atoms with Gasteiger partial charge in [-0.15, -0.1) is 0 Å². The van der Waals surface area contributed by atoms with Crippen LogP contribution in [0.3, 0.4) is 0 Å². The van der Waals surface area contributed by atoms with Crippen LogP contribution in [-0.4, -0.2) is 34.9 Å². The summed E-state index contributed by atoms with van der Waals surface area (Å²) in [6.07, 6.45) is 2.48. The largest absolute Gasteiger partial charge is 0.469 e. The number of furan rings is 1. The zero-order valence-corrected chi connectivity index (χ0v) is 9.80. The molecule has 1 amide bonds. The topological polar surface area (TPSA) is 92.1 Å². The first-order valence-corrected chi connectivity index (χ1v) is 5.44. The van der Waals surface area contributed by atoms with Crippen molar-refractivity contribution in [2.24, 2.45) is 10.9 Å². The maximum atomic E-state index is 11.8. The molecule has 1 aromatic heterocycles. The van der Waals surface area contributed by atoms with E-state index in [9.17, 15) is 4.79 Å². The first-order chi connectivity index (χ1) is 8.17. The van der Waals surface area contributed by atoms with E-state index in [4.69, 9.17) is 15.4 Å². The summed E-state index contributed by atoms with van der Waals surface area (Å²) in [5, 5.41) is 11.3. The van der Waals surface area contributed by atoms with Gasteiger partial charge in [-0.3, -0.25) is 4.79 Å². The molecule has 6 heteroatoms. The third kappa shape index (κ3) is 4.18. The van der Waals surface area contributed by atoms with E-state index in [1.807, 2.05) is 13.0 Å². The number of amidine groups is 1. The number of rotatable bonds is 6. The maximum absolute atomic E-state index is 11.8. The minimum absolute atomic E-state index is 0.0261. The van der Waals surface area contributed by atoms with Gasteiger partial charge >= 0.3 is 0 Å². The fraction of sp³-hybridized carbons (Fsp3) is 0.455. The lowest BCUT2D eigenvalue weighted by Crippen LogP contribution is -2.38. The van der Waals surface area contributed by atoms with E-state index >= 15 is 0 Å². The summed E-state index contributed by atoms with van der Waals surface area (Å²) in [6.45, 7) is 2.51. The van der Waals surface area contributed by atoms with Gasteiger partial charge in [-0.1, -0.05) is 5.16 Å². The van der Waals surface area contributed by atoms with Crippen molar-refractivity contribution in [3.05, 3.63) is 24.2 Å². The van der Waals surface area contributed by atoms with Crippen molar-refractivity contribution in [1.82, 2.24) is 4.90 Å². The van der Waals surface area contributed by atoms with Gasteiger partial charge in [0.1, 0.15) is 5.76 Å². The molecule has 0 bridgehead atoms. The van der Waals surface area contributed by atoms with Gasteiger partial charge in [-0.05, 0) is 19.1 Å². The highest BCUT2D eigenvalue weighted by Crippen LogP contribution is 2.05. The summed E-state index contributed by atoms with van der Waals surface area (Å²) in [5.74, 6) is 0.756. The molecule has 0 aromatic carbocycles. The molecule has 1 aromatic rings. The monoisotopic (exact) mass is 239 g/mol. The molecule has 0 unspecified atom stereocenters. The van der Waals surface area contributed by atoms with Crippen LogP contribution in [0.25, 0.3) is 0 Å². The van der Waals surface area contributed by atoms with Gasteiger partial charge in [0.2, 0.25) is 5.91 Å². The quantitative estimate of drug-likeness (QED) is 0.332. The molecule has 0 aliphatic carbocycles. The maximum Gasteiger partial charge on any atom is 0.223 e. The van der Waals surface area contributed by atoms with Gasteiger partial charge in [0.15, 0.2) is 5.84 Å². The van der Waals surface area contributed by atoms with E-state index in [0.29, 0.717) is 19.4 Å². The molecule has 0 atom stereocenters. The molecule has 6 nitrogen and oxygen atoms in total. The van der Waals surface area contributed by atoms with Crippen LogP contribution in [0.5, 0.6) is 0 Å². The van der Waals surface area contributed by atoms with Gasteiger partial charge in [0.05, 0.1) is 12.8 Å². The van der Waals surface area contributed by atoms with Gasteiger partial charge in [0, 0.05) is 19.4 Å². The summed E-state index contributed by atoms with van der Waals surface area (Å²) < 4.78 is 5.14. The second kappa shape index (κ2) is 6.57. The molecule has 1 rings (SSSR count). The zero-order chi connectivity index (χ0) is 12.7. The lowest BCUT2D eigenvalue weighted by atomic mass is 10.2. The van der Waals surface area contributed by atoms with Gasteiger partial charge in [-0.2, -0.15) is 0 Å². The second-order valence-electron chi connectivity index (χ2n) is 3.58. The van der Waals surface area contributed by atoms with Crippen LogP contribution in [-0.2, 0) is 11.2 Å². The summed E-state index contributed by atoms with van der Waals surface area (Å²) >= 11 is 0. The van der Waals surface area contributed by atoms with Gasteiger partial charge in [-0.25, -0.2) is 0 Å². The Labute approximate surface area is 99.7 Å². The molecule has 1 heterocycles. The van der Waals surface area contributed by atoms with Crippen molar-refractivity contribution in [1.29, 1.82) is 0 Å². The number of nitrogens with two attached hydrogens (primary N) is 1. The summed E-state index contributed by atoms with van der Waals surface area (Å²) in [5.41, 5.74) is 5.37. The Balaban J connectivity index is 2.44. The first kappa shape index (κ1) is 13.1. The lowest BCUT2D eigenvalue weighted by molar-refractivity contribution is -0.130. The Kier molecular flexibility index (Phi) is 5.06. The molecule has 0 fully saturated rings. The number of likely N-dealkylation sites (N-methyl/N-ethyl adjacent to an activating group) is 1. The van der Waals surface area contributed by atoms with Crippen molar-refractivity contribution in [2.45, 2.75) is 19.8 Å². The fourth-order valence-corrected chi connectivity index (χ4v) is 1.45. The third-order valence-corrected chi connectivity index (χ3v) is 2.38. The second-order valence-corrected chi connectivity index (χ2v) is 3.58. The number of aryl methyl sites for hydroxylation is 1. The normalized spacial score (nSPS) is 11.5. The number of amides is 1.